The zero-order valence-corrected chi connectivity index (χ0v) is 23.9. The molecule has 2 atom stereocenters. The monoisotopic (exact) mass is 552 g/mol. The third-order valence-electron chi connectivity index (χ3n) is 6.53. The third kappa shape index (κ3) is 8.72. The average molecular weight is 553 g/mol. The van der Waals surface area contributed by atoms with Crippen molar-refractivity contribution in [2.75, 3.05) is 33.4 Å². The first-order chi connectivity index (χ1) is 19.0. The van der Waals surface area contributed by atoms with Gasteiger partial charge in [-0.25, -0.2) is 0 Å². The number of amides is 4. The number of nitrogens with zero attached hydrogens (tertiary/aromatic N) is 1. The highest BCUT2D eigenvalue weighted by atomic mass is 16.5. The Labute approximate surface area is 235 Å². The van der Waals surface area contributed by atoms with E-state index in [4.69, 9.17) is 9.47 Å². The lowest BCUT2D eigenvalue weighted by Crippen LogP contribution is -2.53. The molecule has 1 aliphatic rings. The number of para-hydroxylation sites is 1. The molecule has 0 fully saturated rings. The largest absolute Gasteiger partial charge is 0.491 e. The number of ether oxygens (including phenoxy) is 2. The maximum atomic E-state index is 13.2. The smallest absolute Gasteiger partial charge is 0.255 e. The Bertz CT molecular complexity index is 1210. The molecule has 0 saturated carbocycles. The Hall–Kier alpha value is -4.08. The Balaban J connectivity index is 1.77. The Morgan fingerprint density at radius 3 is 2.60 bits per heavy atom. The maximum absolute atomic E-state index is 13.2. The van der Waals surface area contributed by atoms with Crippen molar-refractivity contribution in [2.24, 2.45) is 5.92 Å². The zero-order valence-electron chi connectivity index (χ0n) is 23.9. The van der Waals surface area contributed by atoms with Crippen molar-refractivity contribution >= 4 is 23.6 Å². The van der Waals surface area contributed by atoms with Gasteiger partial charge < -0.3 is 30.3 Å². The fourth-order valence-corrected chi connectivity index (χ4v) is 4.45. The van der Waals surface area contributed by atoms with E-state index in [0.29, 0.717) is 17.9 Å². The Kier molecular flexibility index (Phi) is 10.9. The van der Waals surface area contributed by atoms with Gasteiger partial charge in [-0.2, -0.15) is 0 Å². The number of likely N-dealkylation sites (N-methyl/N-ethyl adjacent to an activating group) is 1. The molecule has 0 aliphatic carbocycles. The Morgan fingerprint density at radius 2 is 1.88 bits per heavy atom. The summed E-state index contributed by atoms with van der Waals surface area (Å²) in [6, 6.07) is 10.5. The molecule has 1 aliphatic heterocycles. The highest BCUT2D eigenvalue weighted by Crippen LogP contribution is 2.20. The van der Waals surface area contributed by atoms with Crippen LogP contribution in [0.3, 0.4) is 0 Å². The summed E-state index contributed by atoms with van der Waals surface area (Å²) in [4.78, 5) is 54.1. The van der Waals surface area contributed by atoms with Crippen molar-refractivity contribution in [1.82, 2.24) is 20.9 Å². The molecule has 216 valence electrons. The van der Waals surface area contributed by atoms with E-state index in [0.717, 1.165) is 11.1 Å². The molecule has 3 N–H and O–H groups in total. The number of nitrogens with one attached hydrogen (secondary N) is 3. The van der Waals surface area contributed by atoms with Crippen LogP contribution < -0.4 is 25.4 Å². The van der Waals surface area contributed by atoms with Crippen LogP contribution in [0.2, 0.25) is 0 Å². The van der Waals surface area contributed by atoms with Crippen molar-refractivity contribution in [3.8, 4) is 11.5 Å². The summed E-state index contributed by atoms with van der Waals surface area (Å²) in [6.45, 7) is 8.66. The van der Waals surface area contributed by atoms with Gasteiger partial charge in [-0.15, -0.1) is 0 Å². The third-order valence-corrected chi connectivity index (χ3v) is 6.53. The first-order valence-electron chi connectivity index (χ1n) is 13.6. The SMILES string of the molecule is Cc1ccc(OCCNC(=O)[C@@H]2CC(=O)N[C@H](CC(C)C)C(=O)N(C)CCOc3ccccc3C(=O)N2)c(C)c1. The number of carbonyl (C=O) groups excluding carboxylic acids is 4. The number of hydrogen-bond acceptors (Lipinski definition) is 6. The molecule has 0 bridgehead atoms. The van der Waals surface area contributed by atoms with Gasteiger partial charge in [0.1, 0.15) is 36.8 Å². The number of aryl methyl sites for hydroxylation is 2. The molecule has 0 aromatic heterocycles. The van der Waals surface area contributed by atoms with Gasteiger partial charge in [0.05, 0.1) is 25.1 Å². The first kappa shape index (κ1) is 30.5. The highest BCUT2D eigenvalue weighted by molar-refractivity contribution is 6.01. The number of rotatable bonds is 7. The van der Waals surface area contributed by atoms with Gasteiger partial charge in [0, 0.05) is 7.05 Å². The minimum atomic E-state index is -1.18. The van der Waals surface area contributed by atoms with Gasteiger partial charge in [0.15, 0.2) is 0 Å². The fraction of sp³-hybridized carbons (Fsp3) is 0.467. The molecular weight excluding hydrogens is 512 g/mol. The second-order valence-electron chi connectivity index (χ2n) is 10.5. The molecule has 2 aromatic carbocycles. The molecule has 40 heavy (non-hydrogen) atoms. The number of hydrogen-bond donors (Lipinski definition) is 3. The van der Waals surface area contributed by atoms with Crippen LogP contribution in [0.4, 0.5) is 0 Å². The fourth-order valence-electron chi connectivity index (χ4n) is 4.45. The van der Waals surface area contributed by atoms with E-state index in [1.165, 1.54) is 4.90 Å². The molecule has 2 aromatic rings. The van der Waals surface area contributed by atoms with E-state index in [9.17, 15) is 19.2 Å². The van der Waals surface area contributed by atoms with Gasteiger partial charge in [-0.3, -0.25) is 19.2 Å². The van der Waals surface area contributed by atoms with Gasteiger partial charge in [0.25, 0.3) is 5.91 Å². The minimum Gasteiger partial charge on any atom is -0.491 e. The van der Waals surface area contributed by atoms with Crippen LogP contribution in [0.5, 0.6) is 11.5 Å². The van der Waals surface area contributed by atoms with E-state index in [2.05, 4.69) is 16.0 Å². The van der Waals surface area contributed by atoms with Crippen LogP contribution in [0, 0.1) is 19.8 Å². The van der Waals surface area contributed by atoms with Crippen molar-refractivity contribution in [3.63, 3.8) is 0 Å². The summed E-state index contributed by atoms with van der Waals surface area (Å²) < 4.78 is 11.6. The molecule has 0 saturated heterocycles. The van der Waals surface area contributed by atoms with E-state index in [1.807, 2.05) is 45.9 Å². The summed E-state index contributed by atoms with van der Waals surface area (Å²) in [7, 11) is 1.64. The van der Waals surface area contributed by atoms with Crippen LogP contribution in [0.1, 0.15) is 48.2 Å². The molecule has 10 heteroatoms. The second kappa shape index (κ2) is 14.3. The van der Waals surface area contributed by atoms with E-state index in [1.54, 1.807) is 31.3 Å². The van der Waals surface area contributed by atoms with Gasteiger partial charge in [-0.05, 0) is 49.9 Å². The summed E-state index contributed by atoms with van der Waals surface area (Å²) in [5.74, 6) is -0.668. The lowest BCUT2D eigenvalue weighted by Gasteiger charge is -2.27. The van der Waals surface area contributed by atoms with Crippen molar-refractivity contribution in [2.45, 2.75) is 52.6 Å². The summed E-state index contributed by atoms with van der Waals surface area (Å²) in [5, 5.41) is 8.20. The zero-order chi connectivity index (χ0) is 29.2. The van der Waals surface area contributed by atoms with Crippen molar-refractivity contribution in [1.29, 1.82) is 0 Å². The molecule has 4 amide bonds. The topological polar surface area (TPSA) is 126 Å². The van der Waals surface area contributed by atoms with Crippen LogP contribution in [0.25, 0.3) is 0 Å². The normalized spacial score (nSPS) is 18.6. The first-order valence-corrected chi connectivity index (χ1v) is 13.6. The van der Waals surface area contributed by atoms with Crippen molar-refractivity contribution < 1.29 is 28.7 Å². The molecule has 0 radical (unpaired) electrons. The van der Waals surface area contributed by atoms with Crippen LogP contribution in [-0.2, 0) is 14.4 Å². The quantitative estimate of drug-likeness (QED) is 0.453. The molecule has 1 heterocycles. The molecule has 3 rings (SSSR count). The molecule has 10 nitrogen and oxygen atoms in total. The number of fused-ring (bicyclic) bond motifs is 1. The predicted molar refractivity (Wildman–Crippen MR) is 151 cm³/mol. The molecular formula is C30H40N4O6. The van der Waals surface area contributed by atoms with Gasteiger partial charge >= 0.3 is 0 Å². The van der Waals surface area contributed by atoms with E-state index >= 15 is 0 Å². The summed E-state index contributed by atoms with van der Waals surface area (Å²) >= 11 is 0. The molecule has 0 spiro atoms. The number of carbonyl (C=O) groups is 4. The summed E-state index contributed by atoms with van der Waals surface area (Å²) in [6.07, 6.45) is 0.0850. The van der Waals surface area contributed by atoms with E-state index < -0.39 is 29.8 Å². The van der Waals surface area contributed by atoms with Crippen LogP contribution in [-0.4, -0.2) is 74.0 Å². The number of benzene rings is 2. The highest BCUT2D eigenvalue weighted by Gasteiger charge is 2.30. The standard InChI is InChI=1S/C30H40N4O6/c1-19(2)16-24-30(38)34(5)13-15-40-26-9-7-6-8-22(26)28(36)33-23(18-27(35)32-24)29(37)31-12-14-39-25-11-10-20(3)17-21(25)4/h6-11,17,19,23-24H,12-16,18H2,1-5H3,(H,31,37)(H,32,35)(H,33,36)/t23-,24+/m0/s1. The van der Waals surface area contributed by atoms with Crippen LogP contribution >= 0.6 is 0 Å². The van der Waals surface area contributed by atoms with Crippen LogP contribution in [0.15, 0.2) is 42.5 Å². The maximum Gasteiger partial charge on any atom is 0.255 e. The Morgan fingerprint density at radius 1 is 1.12 bits per heavy atom. The lowest BCUT2D eigenvalue weighted by molar-refractivity contribution is -0.136. The van der Waals surface area contributed by atoms with Crippen molar-refractivity contribution in [3.05, 3.63) is 59.2 Å². The van der Waals surface area contributed by atoms with Gasteiger partial charge in [-0.1, -0.05) is 43.7 Å². The van der Waals surface area contributed by atoms with Gasteiger partial charge in [0.2, 0.25) is 17.7 Å². The predicted octanol–water partition coefficient (Wildman–Crippen LogP) is 2.37. The molecule has 0 unspecified atom stereocenters. The lowest BCUT2D eigenvalue weighted by atomic mass is 10.0. The average Bonchev–Trinajstić information content (AvgIpc) is 2.90. The summed E-state index contributed by atoms with van der Waals surface area (Å²) in [5.41, 5.74) is 2.33. The minimum absolute atomic E-state index is 0.139. The second-order valence-corrected chi connectivity index (χ2v) is 10.5. The van der Waals surface area contributed by atoms with E-state index in [-0.39, 0.29) is 50.1 Å².